The van der Waals surface area contributed by atoms with Gasteiger partial charge in [0, 0.05) is 17.7 Å². The van der Waals surface area contributed by atoms with Crippen LogP contribution in [0.5, 0.6) is 11.5 Å². The summed E-state index contributed by atoms with van der Waals surface area (Å²) in [6, 6.07) is 12.1. The maximum Gasteiger partial charge on any atom is 0.274 e. The summed E-state index contributed by atoms with van der Waals surface area (Å²) in [4.78, 5) is 23.5. The SMILES string of the molecule is COc1cc(CCC(=O)Nc2ccc(C(=O)NO)cc2)ccc1OC1CCCC1. The highest BCUT2D eigenvalue weighted by molar-refractivity contribution is 5.95. The fraction of sp³-hybridized carbons (Fsp3) is 0.364. The lowest BCUT2D eigenvalue weighted by atomic mass is 10.1. The molecule has 7 nitrogen and oxygen atoms in total. The Bertz CT molecular complexity index is 845. The van der Waals surface area contributed by atoms with E-state index in [9.17, 15) is 9.59 Å². The zero-order chi connectivity index (χ0) is 20.6. The molecule has 1 aliphatic carbocycles. The fourth-order valence-electron chi connectivity index (χ4n) is 3.40. The van der Waals surface area contributed by atoms with Crippen LogP contribution in [-0.2, 0) is 11.2 Å². The summed E-state index contributed by atoms with van der Waals surface area (Å²) in [7, 11) is 1.62. The van der Waals surface area contributed by atoms with Gasteiger partial charge in [0.1, 0.15) is 0 Å². The van der Waals surface area contributed by atoms with Crippen LogP contribution in [0.2, 0.25) is 0 Å². The molecule has 0 aliphatic heterocycles. The Morgan fingerprint density at radius 2 is 1.79 bits per heavy atom. The van der Waals surface area contributed by atoms with E-state index in [1.165, 1.54) is 25.0 Å². The van der Waals surface area contributed by atoms with Crippen LogP contribution in [-0.4, -0.2) is 30.2 Å². The molecule has 154 valence electrons. The molecule has 2 amide bonds. The Kier molecular flexibility index (Phi) is 7.08. The topological polar surface area (TPSA) is 96.9 Å². The van der Waals surface area contributed by atoms with Crippen LogP contribution in [0.3, 0.4) is 0 Å². The van der Waals surface area contributed by atoms with E-state index in [0.29, 0.717) is 29.8 Å². The van der Waals surface area contributed by atoms with Crippen molar-refractivity contribution in [2.75, 3.05) is 12.4 Å². The first kappa shape index (κ1) is 20.7. The van der Waals surface area contributed by atoms with Gasteiger partial charge in [0.2, 0.25) is 5.91 Å². The van der Waals surface area contributed by atoms with Crippen molar-refractivity contribution >= 4 is 17.5 Å². The number of methoxy groups -OCH3 is 1. The predicted molar refractivity (Wildman–Crippen MR) is 109 cm³/mol. The van der Waals surface area contributed by atoms with Gasteiger partial charge < -0.3 is 14.8 Å². The molecule has 0 radical (unpaired) electrons. The van der Waals surface area contributed by atoms with E-state index < -0.39 is 5.91 Å². The van der Waals surface area contributed by atoms with E-state index in [0.717, 1.165) is 24.2 Å². The number of ether oxygens (including phenoxy) is 2. The maximum atomic E-state index is 12.2. The summed E-state index contributed by atoms with van der Waals surface area (Å²) in [5.74, 6) is 0.707. The first-order chi connectivity index (χ1) is 14.1. The van der Waals surface area contributed by atoms with Crippen LogP contribution in [0.1, 0.15) is 48.0 Å². The Labute approximate surface area is 170 Å². The monoisotopic (exact) mass is 398 g/mol. The van der Waals surface area contributed by atoms with Crippen molar-refractivity contribution in [1.29, 1.82) is 0 Å². The van der Waals surface area contributed by atoms with Crippen molar-refractivity contribution in [2.45, 2.75) is 44.6 Å². The largest absolute Gasteiger partial charge is 0.493 e. The third-order valence-corrected chi connectivity index (χ3v) is 5.00. The van der Waals surface area contributed by atoms with Crippen LogP contribution in [0.4, 0.5) is 5.69 Å². The number of aryl methyl sites for hydroxylation is 1. The molecule has 0 heterocycles. The summed E-state index contributed by atoms with van der Waals surface area (Å²) in [5.41, 5.74) is 3.45. The van der Waals surface area contributed by atoms with Gasteiger partial charge in [-0.05, 0) is 74.1 Å². The van der Waals surface area contributed by atoms with Crippen molar-refractivity contribution in [1.82, 2.24) is 5.48 Å². The summed E-state index contributed by atoms with van der Waals surface area (Å²) in [5, 5.41) is 11.4. The number of anilines is 1. The van der Waals surface area contributed by atoms with Gasteiger partial charge in [-0.25, -0.2) is 5.48 Å². The fourth-order valence-corrected chi connectivity index (χ4v) is 3.40. The van der Waals surface area contributed by atoms with Crippen LogP contribution in [0.15, 0.2) is 42.5 Å². The smallest absolute Gasteiger partial charge is 0.274 e. The minimum absolute atomic E-state index is 0.130. The first-order valence-electron chi connectivity index (χ1n) is 9.77. The summed E-state index contributed by atoms with van der Waals surface area (Å²) in [6.07, 6.45) is 5.71. The van der Waals surface area contributed by atoms with Crippen LogP contribution in [0.25, 0.3) is 0 Å². The van der Waals surface area contributed by atoms with E-state index in [-0.39, 0.29) is 12.0 Å². The highest BCUT2D eigenvalue weighted by atomic mass is 16.5. The highest BCUT2D eigenvalue weighted by Gasteiger charge is 2.18. The second kappa shape index (κ2) is 9.93. The van der Waals surface area contributed by atoms with Crippen molar-refractivity contribution in [2.24, 2.45) is 0 Å². The summed E-state index contributed by atoms with van der Waals surface area (Å²) < 4.78 is 11.5. The highest BCUT2D eigenvalue weighted by Crippen LogP contribution is 2.32. The van der Waals surface area contributed by atoms with Crippen molar-refractivity contribution in [3.63, 3.8) is 0 Å². The molecule has 0 spiro atoms. The Morgan fingerprint density at radius 3 is 2.45 bits per heavy atom. The molecule has 0 bridgehead atoms. The van der Waals surface area contributed by atoms with Gasteiger partial charge in [-0.2, -0.15) is 0 Å². The Morgan fingerprint density at radius 1 is 1.07 bits per heavy atom. The zero-order valence-electron chi connectivity index (χ0n) is 16.4. The van der Waals surface area contributed by atoms with Crippen molar-refractivity contribution in [3.8, 4) is 11.5 Å². The number of amides is 2. The summed E-state index contributed by atoms with van der Waals surface area (Å²) in [6.45, 7) is 0. The van der Waals surface area contributed by atoms with E-state index in [1.807, 2.05) is 18.2 Å². The van der Waals surface area contributed by atoms with Crippen LogP contribution >= 0.6 is 0 Å². The third kappa shape index (κ3) is 5.71. The number of carbonyl (C=O) groups excluding carboxylic acids is 2. The average Bonchev–Trinajstić information content (AvgIpc) is 3.26. The molecule has 3 N–H and O–H groups in total. The molecule has 0 unspecified atom stereocenters. The molecule has 0 atom stereocenters. The van der Waals surface area contributed by atoms with E-state index in [1.54, 1.807) is 24.7 Å². The normalized spacial score (nSPS) is 13.7. The third-order valence-electron chi connectivity index (χ3n) is 5.00. The van der Waals surface area contributed by atoms with E-state index in [2.05, 4.69) is 5.32 Å². The van der Waals surface area contributed by atoms with Gasteiger partial charge in [0.25, 0.3) is 5.91 Å². The quantitative estimate of drug-likeness (QED) is 0.465. The van der Waals surface area contributed by atoms with Crippen LogP contribution in [0, 0.1) is 0 Å². The number of carbonyl (C=O) groups is 2. The number of nitrogens with one attached hydrogen (secondary N) is 2. The lowest BCUT2D eigenvalue weighted by Gasteiger charge is -2.16. The number of hydrogen-bond donors (Lipinski definition) is 3. The molecule has 1 saturated carbocycles. The van der Waals surface area contributed by atoms with Gasteiger partial charge in [-0.3, -0.25) is 14.8 Å². The molecule has 2 aromatic rings. The minimum Gasteiger partial charge on any atom is -0.493 e. The second-order valence-corrected chi connectivity index (χ2v) is 7.08. The molecule has 3 rings (SSSR count). The maximum absolute atomic E-state index is 12.2. The molecular weight excluding hydrogens is 372 g/mol. The molecule has 1 aliphatic rings. The Balaban J connectivity index is 1.53. The zero-order valence-corrected chi connectivity index (χ0v) is 16.4. The van der Waals surface area contributed by atoms with Crippen molar-refractivity contribution in [3.05, 3.63) is 53.6 Å². The van der Waals surface area contributed by atoms with Gasteiger partial charge in [-0.15, -0.1) is 0 Å². The second-order valence-electron chi connectivity index (χ2n) is 7.08. The molecule has 1 fully saturated rings. The predicted octanol–water partition coefficient (Wildman–Crippen LogP) is 3.71. The van der Waals surface area contributed by atoms with E-state index >= 15 is 0 Å². The number of hydrogen-bond acceptors (Lipinski definition) is 5. The lowest BCUT2D eigenvalue weighted by Crippen LogP contribution is -2.18. The standard InChI is InChI=1S/C22H26N2O5/c1-28-20-14-15(6-12-19(20)29-18-4-2-3-5-18)7-13-21(25)23-17-10-8-16(9-11-17)22(26)24-27/h6,8-12,14,18,27H,2-5,7,13H2,1H3,(H,23,25)(H,24,26). The number of benzene rings is 2. The number of hydroxylamine groups is 1. The van der Waals surface area contributed by atoms with Crippen molar-refractivity contribution < 1.29 is 24.3 Å². The number of rotatable bonds is 8. The van der Waals surface area contributed by atoms with E-state index in [4.69, 9.17) is 14.7 Å². The van der Waals surface area contributed by atoms with Gasteiger partial charge in [0.15, 0.2) is 11.5 Å². The van der Waals surface area contributed by atoms with Gasteiger partial charge >= 0.3 is 0 Å². The summed E-state index contributed by atoms with van der Waals surface area (Å²) >= 11 is 0. The molecule has 29 heavy (non-hydrogen) atoms. The molecule has 0 aromatic heterocycles. The van der Waals surface area contributed by atoms with Gasteiger partial charge in [0.05, 0.1) is 13.2 Å². The first-order valence-corrected chi connectivity index (χ1v) is 9.77. The molecule has 0 saturated heterocycles. The van der Waals surface area contributed by atoms with Crippen LogP contribution < -0.4 is 20.3 Å². The van der Waals surface area contributed by atoms with Gasteiger partial charge in [-0.1, -0.05) is 6.07 Å². The Hall–Kier alpha value is -3.06. The average molecular weight is 398 g/mol. The molecular formula is C22H26N2O5. The molecule has 7 heteroatoms. The minimum atomic E-state index is -0.600. The molecule has 2 aromatic carbocycles. The lowest BCUT2D eigenvalue weighted by molar-refractivity contribution is -0.116.